The van der Waals surface area contributed by atoms with Gasteiger partial charge in [0.15, 0.2) is 11.5 Å². The predicted molar refractivity (Wildman–Crippen MR) is 108 cm³/mol. The third-order valence-corrected chi connectivity index (χ3v) is 5.46. The molecule has 0 saturated heterocycles. The Labute approximate surface area is 163 Å². The summed E-state index contributed by atoms with van der Waals surface area (Å²) in [5.74, 6) is 2.23. The van der Waals surface area contributed by atoms with E-state index in [0.29, 0.717) is 22.9 Å². The van der Waals surface area contributed by atoms with Crippen LogP contribution in [0.3, 0.4) is 0 Å². The van der Waals surface area contributed by atoms with E-state index in [0.717, 1.165) is 33.2 Å². The third-order valence-electron chi connectivity index (χ3n) is 5.14. The molecule has 1 heterocycles. The lowest BCUT2D eigenvalue weighted by molar-refractivity contribution is 0.154. The number of aryl methyl sites for hydroxylation is 1. The molecule has 0 radical (unpaired) electrons. The van der Waals surface area contributed by atoms with Gasteiger partial charge in [0.25, 0.3) is 0 Å². The lowest BCUT2D eigenvalue weighted by atomic mass is 9.90. The quantitative estimate of drug-likeness (QED) is 0.704. The first-order valence-corrected chi connectivity index (χ1v) is 9.25. The van der Waals surface area contributed by atoms with Gasteiger partial charge in [-0.15, -0.1) is 0 Å². The molecule has 1 aliphatic rings. The van der Waals surface area contributed by atoms with Crippen LogP contribution in [0.25, 0.3) is 10.8 Å². The molecule has 1 aliphatic heterocycles. The highest BCUT2D eigenvalue weighted by Crippen LogP contribution is 2.42. The van der Waals surface area contributed by atoms with E-state index in [-0.39, 0.29) is 12.1 Å². The molecule has 0 aliphatic carbocycles. The summed E-state index contributed by atoms with van der Waals surface area (Å²) in [6, 6.07) is 13.8. The minimum atomic E-state index is -0.275. The zero-order valence-electron chi connectivity index (χ0n) is 15.6. The van der Waals surface area contributed by atoms with Gasteiger partial charge in [0.2, 0.25) is 0 Å². The Kier molecular flexibility index (Phi) is 4.62. The number of halogens is 1. The number of nitrogens with two attached hydrogens (primary N) is 1. The van der Waals surface area contributed by atoms with E-state index in [4.69, 9.17) is 31.5 Å². The summed E-state index contributed by atoms with van der Waals surface area (Å²) in [5.41, 5.74) is 9.63. The van der Waals surface area contributed by atoms with Crippen LogP contribution in [-0.4, -0.2) is 20.3 Å². The molecule has 0 amide bonds. The molecule has 2 atom stereocenters. The fraction of sp³-hybridized carbons (Fsp3) is 0.273. The first-order chi connectivity index (χ1) is 13.0. The highest BCUT2D eigenvalue weighted by atomic mass is 35.5. The van der Waals surface area contributed by atoms with Crippen LogP contribution >= 0.6 is 11.6 Å². The van der Waals surface area contributed by atoms with E-state index < -0.39 is 0 Å². The Balaban J connectivity index is 1.80. The van der Waals surface area contributed by atoms with Gasteiger partial charge >= 0.3 is 0 Å². The van der Waals surface area contributed by atoms with Crippen molar-refractivity contribution in [2.45, 2.75) is 25.5 Å². The molecule has 27 heavy (non-hydrogen) atoms. The molecule has 0 aromatic heterocycles. The molecule has 0 fully saturated rings. The van der Waals surface area contributed by atoms with Crippen LogP contribution < -0.4 is 19.9 Å². The van der Waals surface area contributed by atoms with Crippen molar-refractivity contribution in [1.82, 2.24) is 0 Å². The number of benzene rings is 3. The van der Waals surface area contributed by atoms with Crippen molar-refractivity contribution < 1.29 is 14.2 Å². The average Bonchev–Trinajstić information content (AvgIpc) is 2.66. The maximum absolute atomic E-state index is 6.51. The Morgan fingerprint density at radius 2 is 1.78 bits per heavy atom. The van der Waals surface area contributed by atoms with Gasteiger partial charge in [-0.2, -0.15) is 0 Å². The summed E-state index contributed by atoms with van der Waals surface area (Å²) >= 11 is 6.46. The fourth-order valence-corrected chi connectivity index (χ4v) is 4.08. The lowest BCUT2D eigenvalue weighted by Crippen LogP contribution is -2.37. The average molecular weight is 384 g/mol. The largest absolute Gasteiger partial charge is 0.493 e. The number of hydrogen-bond acceptors (Lipinski definition) is 4. The molecular formula is C22H22ClNO3. The summed E-state index contributed by atoms with van der Waals surface area (Å²) in [6.07, 6.45) is 0.417. The van der Waals surface area contributed by atoms with Crippen LogP contribution in [0.15, 0.2) is 42.5 Å². The highest BCUT2D eigenvalue weighted by Gasteiger charge is 2.31. The van der Waals surface area contributed by atoms with E-state index in [2.05, 4.69) is 0 Å². The van der Waals surface area contributed by atoms with Crippen LogP contribution in [0.4, 0.5) is 0 Å². The summed E-state index contributed by atoms with van der Waals surface area (Å²) in [5, 5.41) is 2.81. The summed E-state index contributed by atoms with van der Waals surface area (Å²) in [6.45, 7) is 2.01. The van der Waals surface area contributed by atoms with Crippen LogP contribution in [0.1, 0.15) is 22.8 Å². The van der Waals surface area contributed by atoms with Gasteiger partial charge in [-0.1, -0.05) is 29.8 Å². The molecule has 4 rings (SSSR count). The molecule has 4 nitrogen and oxygen atoms in total. The second kappa shape index (κ2) is 6.95. The normalized spacial score (nSPS) is 18.7. The van der Waals surface area contributed by atoms with Crippen molar-refractivity contribution in [2.24, 2.45) is 5.73 Å². The van der Waals surface area contributed by atoms with Crippen molar-refractivity contribution >= 4 is 22.4 Å². The topological polar surface area (TPSA) is 53.7 Å². The van der Waals surface area contributed by atoms with Crippen LogP contribution in [0.5, 0.6) is 17.2 Å². The van der Waals surface area contributed by atoms with Crippen LogP contribution in [0, 0.1) is 6.92 Å². The van der Waals surface area contributed by atoms with E-state index in [1.165, 1.54) is 0 Å². The van der Waals surface area contributed by atoms with Gasteiger partial charge in [0, 0.05) is 16.1 Å². The van der Waals surface area contributed by atoms with E-state index >= 15 is 0 Å². The molecule has 0 bridgehead atoms. The Morgan fingerprint density at radius 1 is 1.04 bits per heavy atom. The molecular weight excluding hydrogens is 362 g/mol. The van der Waals surface area contributed by atoms with Crippen molar-refractivity contribution in [3.8, 4) is 17.2 Å². The smallest absolute Gasteiger partial charge is 0.161 e. The number of hydrogen-bond donors (Lipinski definition) is 1. The summed E-state index contributed by atoms with van der Waals surface area (Å²) in [4.78, 5) is 0. The number of fused-ring (bicyclic) bond motifs is 3. The summed E-state index contributed by atoms with van der Waals surface area (Å²) in [7, 11) is 3.27. The fourth-order valence-electron chi connectivity index (χ4n) is 3.74. The summed E-state index contributed by atoms with van der Waals surface area (Å²) < 4.78 is 17.2. The van der Waals surface area contributed by atoms with Gasteiger partial charge in [-0.25, -0.2) is 0 Å². The third kappa shape index (κ3) is 3.09. The molecule has 2 unspecified atom stereocenters. The number of ether oxygens (including phenoxy) is 3. The highest BCUT2D eigenvalue weighted by molar-refractivity contribution is 6.31. The molecule has 140 valence electrons. The van der Waals surface area contributed by atoms with Crippen molar-refractivity contribution in [3.05, 3.63) is 64.2 Å². The molecule has 0 spiro atoms. The zero-order chi connectivity index (χ0) is 19.1. The second-order valence-corrected chi connectivity index (χ2v) is 7.31. The van der Waals surface area contributed by atoms with Gasteiger partial charge in [-0.05, 0) is 53.9 Å². The molecule has 3 aromatic rings. The second-order valence-electron chi connectivity index (χ2n) is 6.90. The minimum absolute atomic E-state index is 0.198. The predicted octanol–water partition coefficient (Wildman–Crippen LogP) is 4.82. The van der Waals surface area contributed by atoms with Crippen LogP contribution in [0.2, 0.25) is 5.02 Å². The van der Waals surface area contributed by atoms with Crippen molar-refractivity contribution in [3.63, 3.8) is 0 Å². The Morgan fingerprint density at radius 3 is 2.48 bits per heavy atom. The van der Waals surface area contributed by atoms with Crippen LogP contribution in [-0.2, 0) is 6.42 Å². The van der Waals surface area contributed by atoms with E-state index in [1.807, 2.05) is 49.4 Å². The van der Waals surface area contributed by atoms with E-state index in [9.17, 15) is 0 Å². The van der Waals surface area contributed by atoms with Crippen molar-refractivity contribution in [1.29, 1.82) is 0 Å². The van der Waals surface area contributed by atoms with Gasteiger partial charge in [0.05, 0.1) is 20.3 Å². The standard InChI is InChI=1S/C22H22ClNO3/c1-12-4-6-14(17(23)8-12)22-18(24)10-16-15-11-21(26-3)20(25-2)9-13(15)5-7-19(16)27-22/h4-9,11,18,22H,10,24H2,1-3H3. The SMILES string of the molecule is COc1cc2ccc3c(c2cc1OC)CC(N)C(c1ccc(C)cc1Cl)O3. The minimum Gasteiger partial charge on any atom is -0.493 e. The number of rotatable bonds is 3. The molecule has 2 N–H and O–H groups in total. The first-order valence-electron chi connectivity index (χ1n) is 8.87. The van der Waals surface area contributed by atoms with Gasteiger partial charge in [-0.3, -0.25) is 0 Å². The zero-order valence-corrected chi connectivity index (χ0v) is 16.3. The lowest BCUT2D eigenvalue weighted by Gasteiger charge is -2.33. The Hall–Kier alpha value is -2.43. The molecule has 0 saturated carbocycles. The number of methoxy groups -OCH3 is 2. The maximum atomic E-state index is 6.51. The molecule has 5 heteroatoms. The monoisotopic (exact) mass is 383 g/mol. The van der Waals surface area contributed by atoms with Gasteiger partial charge < -0.3 is 19.9 Å². The maximum Gasteiger partial charge on any atom is 0.161 e. The first kappa shape index (κ1) is 18.0. The Bertz CT molecular complexity index is 1020. The molecule has 3 aromatic carbocycles. The van der Waals surface area contributed by atoms with E-state index in [1.54, 1.807) is 14.2 Å². The van der Waals surface area contributed by atoms with Crippen molar-refractivity contribution in [2.75, 3.05) is 14.2 Å². The van der Waals surface area contributed by atoms with Gasteiger partial charge in [0.1, 0.15) is 11.9 Å².